The molecule has 23 heavy (non-hydrogen) atoms. The van der Waals surface area contributed by atoms with Gasteiger partial charge in [0.2, 0.25) is 0 Å². The van der Waals surface area contributed by atoms with Crippen molar-refractivity contribution >= 4 is 39.5 Å². The molecule has 2 aromatic heterocycles. The van der Waals surface area contributed by atoms with E-state index < -0.39 is 11.5 Å². The van der Waals surface area contributed by atoms with Crippen LogP contribution in [0.1, 0.15) is 15.9 Å². The van der Waals surface area contributed by atoms with Gasteiger partial charge in [-0.2, -0.15) is 0 Å². The van der Waals surface area contributed by atoms with Crippen LogP contribution in [0.5, 0.6) is 5.75 Å². The highest BCUT2D eigenvalue weighted by atomic mass is 35.5. The van der Waals surface area contributed by atoms with Crippen LogP contribution in [0.15, 0.2) is 34.7 Å². The molecule has 0 aliphatic carbocycles. The lowest BCUT2D eigenvalue weighted by Gasteiger charge is -2.12. The number of hydrogen-bond acceptors (Lipinski definition) is 5. The first-order valence-electron chi connectivity index (χ1n) is 6.61. The molecule has 0 atom stereocenters. The van der Waals surface area contributed by atoms with E-state index in [4.69, 9.17) is 16.3 Å². The van der Waals surface area contributed by atoms with Crippen LogP contribution >= 0.6 is 22.9 Å². The van der Waals surface area contributed by atoms with Gasteiger partial charge >= 0.3 is 0 Å². The number of aromatic nitrogens is 2. The Bertz CT molecular complexity index is 964. The van der Waals surface area contributed by atoms with E-state index in [0.717, 1.165) is 5.56 Å². The number of benzene rings is 1. The van der Waals surface area contributed by atoms with E-state index in [2.05, 4.69) is 10.3 Å². The third-order valence-electron chi connectivity index (χ3n) is 3.32. The molecule has 1 amide bonds. The number of anilines is 1. The minimum Gasteiger partial charge on any atom is -0.495 e. The second-order valence-electron chi connectivity index (χ2n) is 4.79. The molecule has 118 valence electrons. The van der Waals surface area contributed by atoms with Gasteiger partial charge < -0.3 is 10.1 Å². The van der Waals surface area contributed by atoms with Crippen molar-refractivity contribution in [3.05, 3.63) is 56.4 Å². The van der Waals surface area contributed by atoms with Crippen molar-refractivity contribution in [2.24, 2.45) is 0 Å². The topological polar surface area (TPSA) is 72.7 Å². The molecule has 0 radical (unpaired) electrons. The molecule has 0 fully saturated rings. The van der Waals surface area contributed by atoms with Crippen molar-refractivity contribution in [3.63, 3.8) is 0 Å². The molecule has 1 aromatic carbocycles. The number of methoxy groups -OCH3 is 1. The molecule has 1 N–H and O–H groups in total. The van der Waals surface area contributed by atoms with Crippen molar-refractivity contribution in [1.29, 1.82) is 0 Å². The van der Waals surface area contributed by atoms with Gasteiger partial charge in [0.25, 0.3) is 11.5 Å². The standard InChI is InChI=1S/C15H12ClN3O3S/c1-8-5-11(12(22-2)6-10(8)16)18-13(20)9-7-17-15-19(14(9)21)3-4-23-15/h3-7H,1-2H3,(H,18,20). The SMILES string of the molecule is COc1cc(Cl)c(C)cc1NC(=O)c1cnc2sccn2c1=O. The Morgan fingerprint density at radius 3 is 2.96 bits per heavy atom. The zero-order valence-electron chi connectivity index (χ0n) is 12.3. The van der Waals surface area contributed by atoms with Gasteiger partial charge in [-0.3, -0.25) is 14.0 Å². The first kappa shape index (κ1) is 15.5. The summed E-state index contributed by atoms with van der Waals surface area (Å²) in [5, 5.41) is 4.93. The van der Waals surface area contributed by atoms with Gasteiger partial charge in [-0.1, -0.05) is 11.6 Å². The number of amides is 1. The van der Waals surface area contributed by atoms with E-state index in [1.54, 1.807) is 23.7 Å². The number of fused-ring (bicyclic) bond motifs is 1. The van der Waals surface area contributed by atoms with Crippen LogP contribution < -0.4 is 15.6 Å². The molecule has 6 nitrogen and oxygen atoms in total. The van der Waals surface area contributed by atoms with Crippen LogP contribution in [-0.4, -0.2) is 22.4 Å². The number of nitrogens with zero attached hydrogens (tertiary/aromatic N) is 2. The van der Waals surface area contributed by atoms with Crippen LogP contribution in [0, 0.1) is 6.92 Å². The lowest BCUT2D eigenvalue weighted by atomic mass is 10.2. The first-order chi connectivity index (χ1) is 11.0. The van der Waals surface area contributed by atoms with E-state index in [1.807, 2.05) is 6.92 Å². The highest BCUT2D eigenvalue weighted by Crippen LogP contribution is 2.31. The lowest BCUT2D eigenvalue weighted by molar-refractivity contribution is 0.102. The molecule has 3 rings (SSSR count). The predicted octanol–water partition coefficient (Wildman–Crippen LogP) is 2.98. The number of thiazole rings is 1. The molecule has 0 unspecified atom stereocenters. The fourth-order valence-corrected chi connectivity index (χ4v) is 2.93. The largest absolute Gasteiger partial charge is 0.495 e. The Morgan fingerprint density at radius 1 is 1.43 bits per heavy atom. The van der Waals surface area contributed by atoms with E-state index in [0.29, 0.717) is 21.4 Å². The van der Waals surface area contributed by atoms with E-state index >= 15 is 0 Å². The van der Waals surface area contributed by atoms with E-state index in [-0.39, 0.29) is 5.56 Å². The Kier molecular flexibility index (Phi) is 4.06. The fourth-order valence-electron chi connectivity index (χ4n) is 2.10. The molecule has 0 aliphatic rings. The number of ether oxygens (including phenoxy) is 1. The molecular formula is C15H12ClN3O3S. The molecule has 0 saturated carbocycles. The number of carbonyl (C=O) groups is 1. The Morgan fingerprint density at radius 2 is 2.22 bits per heavy atom. The second kappa shape index (κ2) is 6.02. The van der Waals surface area contributed by atoms with Gasteiger partial charge in [-0.15, -0.1) is 11.3 Å². The molecule has 2 heterocycles. The van der Waals surface area contributed by atoms with E-state index in [9.17, 15) is 9.59 Å². The summed E-state index contributed by atoms with van der Waals surface area (Å²) in [7, 11) is 1.48. The minimum atomic E-state index is -0.553. The van der Waals surface area contributed by atoms with Gasteiger partial charge in [-0.05, 0) is 18.6 Å². The van der Waals surface area contributed by atoms with Crippen LogP contribution in [0.3, 0.4) is 0 Å². The number of halogens is 1. The summed E-state index contributed by atoms with van der Waals surface area (Å²) in [4.78, 5) is 29.4. The quantitative estimate of drug-likeness (QED) is 0.789. The van der Waals surface area contributed by atoms with Crippen molar-refractivity contribution < 1.29 is 9.53 Å². The number of carbonyl (C=O) groups excluding carboxylic acids is 1. The summed E-state index contributed by atoms with van der Waals surface area (Å²) in [5.41, 5.74) is 0.758. The third-order valence-corrected chi connectivity index (χ3v) is 4.49. The lowest BCUT2D eigenvalue weighted by Crippen LogP contribution is -2.26. The van der Waals surface area contributed by atoms with Crippen LogP contribution in [0.2, 0.25) is 5.02 Å². The molecule has 0 bridgehead atoms. The fraction of sp³-hybridized carbons (Fsp3) is 0.133. The smallest absolute Gasteiger partial charge is 0.271 e. The Hall–Kier alpha value is -2.38. The average molecular weight is 350 g/mol. The summed E-state index contributed by atoms with van der Waals surface area (Å²) >= 11 is 7.36. The molecule has 3 aromatic rings. The maximum absolute atomic E-state index is 12.4. The highest BCUT2D eigenvalue weighted by molar-refractivity contribution is 7.15. The first-order valence-corrected chi connectivity index (χ1v) is 7.87. The molecular weight excluding hydrogens is 338 g/mol. The van der Waals surface area contributed by atoms with Gasteiger partial charge in [0.1, 0.15) is 11.3 Å². The molecule has 0 aliphatic heterocycles. The number of hydrogen-bond donors (Lipinski definition) is 1. The van der Waals surface area contributed by atoms with Crippen molar-refractivity contribution in [1.82, 2.24) is 9.38 Å². The summed E-state index contributed by atoms with van der Waals surface area (Å²) in [5.74, 6) is -0.137. The van der Waals surface area contributed by atoms with Crippen molar-refractivity contribution in [3.8, 4) is 5.75 Å². The predicted molar refractivity (Wildman–Crippen MR) is 90.0 cm³/mol. The van der Waals surface area contributed by atoms with Gasteiger partial charge in [0.05, 0.1) is 12.8 Å². The minimum absolute atomic E-state index is 0.0458. The average Bonchev–Trinajstić information content (AvgIpc) is 3.00. The number of nitrogens with one attached hydrogen (secondary N) is 1. The summed E-state index contributed by atoms with van der Waals surface area (Å²) < 4.78 is 6.55. The van der Waals surface area contributed by atoms with Crippen LogP contribution in [0.4, 0.5) is 5.69 Å². The number of rotatable bonds is 3. The monoisotopic (exact) mass is 349 g/mol. The molecule has 8 heteroatoms. The van der Waals surface area contributed by atoms with Crippen molar-refractivity contribution in [2.45, 2.75) is 6.92 Å². The number of aryl methyl sites for hydroxylation is 1. The zero-order valence-corrected chi connectivity index (χ0v) is 13.9. The maximum atomic E-state index is 12.4. The molecule has 0 spiro atoms. The van der Waals surface area contributed by atoms with Crippen LogP contribution in [0.25, 0.3) is 4.96 Å². The van der Waals surface area contributed by atoms with Gasteiger partial charge in [0, 0.05) is 28.9 Å². The molecule has 0 saturated heterocycles. The zero-order chi connectivity index (χ0) is 16.6. The Labute approximate surface area is 140 Å². The van der Waals surface area contributed by atoms with Crippen LogP contribution in [-0.2, 0) is 0 Å². The van der Waals surface area contributed by atoms with Gasteiger partial charge in [0.15, 0.2) is 4.96 Å². The normalized spacial score (nSPS) is 10.7. The maximum Gasteiger partial charge on any atom is 0.271 e. The highest BCUT2D eigenvalue weighted by Gasteiger charge is 2.16. The Balaban J connectivity index is 1.99. The van der Waals surface area contributed by atoms with E-state index in [1.165, 1.54) is 29.0 Å². The summed E-state index contributed by atoms with van der Waals surface area (Å²) in [6.45, 7) is 1.81. The van der Waals surface area contributed by atoms with Gasteiger partial charge in [-0.25, -0.2) is 4.98 Å². The summed E-state index contributed by atoms with van der Waals surface area (Å²) in [6, 6.07) is 3.30. The second-order valence-corrected chi connectivity index (χ2v) is 6.07. The van der Waals surface area contributed by atoms with Crippen molar-refractivity contribution in [2.75, 3.05) is 12.4 Å². The third kappa shape index (κ3) is 2.80. The summed E-state index contributed by atoms with van der Waals surface area (Å²) in [6.07, 6.45) is 2.86.